The van der Waals surface area contributed by atoms with Gasteiger partial charge in [-0.25, -0.2) is 13.4 Å². The predicted octanol–water partition coefficient (Wildman–Crippen LogP) is -0.953. The molecule has 0 bridgehead atoms. The van der Waals surface area contributed by atoms with Gasteiger partial charge < -0.3 is 9.45 Å². The quantitative estimate of drug-likeness (QED) is 0.227. The van der Waals surface area contributed by atoms with E-state index >= 15 is 0 Å². The molecular weight excluding hydrogens is 339 g/mol. The third-order valence-corrected chi connectivity index (χ3v) is 3.82. The van der Waals surface area contributed by atoms with E-state index in [0.29, 0.717) is 5.56 Å². The summed E-state index contributed by atoms with van der Waals surface area (Å²) in [5.41, 5.74) is 0.527. The predicted molar refractivity (Wildman–Crippen MR) is 86.1 cm³/mol. The summed E-state index contributed by atoms with van der Waals surface area (Å²) in [6.45, 7) is 0. The van der Waals surface area contributed by atoms with Crippen LogP contribution < -0.4 is 29.6 Å². The second-order valence-corrected chi connectivity index (χ2v) is 6.39. The molecule has 120 valence electrons. The van der Waals surface area contributed by atoms with Crippen molar-refractivity contribution < 1.29 is 47.3 Å². The molecule has 0 spiro atoms. The zero-order valence-electron chi connectivity index (χ0n) is 13.6. The van der Waals surface area contributed by atoms with Crippen molar-refractivity contribution in [2.24, 2.45) is 4.99 Å². The molecule has 2 aromatic rings. The molecule has 0 fully saturated rings. The fraction of sp³-hybridized carbons (Fsp3) is 0.125. The molecule has 6 nitrogen and oxygen atoms in total. The van der Waals surface area contributed by atoms with Gasteiger partial charge in [0.2, 0.25) is 0 Å². The van der Waals surface area contributed by atoms with Crippen LogP contribution in [0.5, 0.6) is 0 Å². The molecule has 0 saturated carbocycles. The maximum absolute atomic E-state index is 12.4. The topological polar surface area (TPSA) is 89.9 Å². The fourth-order valence-electron chi connectivity index (χ4n) is 1.90. The van der Waals surface area contributed by atoms with E-state index in [2.05, 4.69) is 4.99 Å². The molecule has 0 aliphatic heterocycles. The van der Waals surface area contributed by atoms with E-state index in [1.807, 2.05) is 0 Å². The number of aliphatic imine (C=N–C) groups is 1. The monoisotopic (exact) mass is 354 g/mol. The van der Waals surface area contributed by atoms with Crippen molar-refractivity contribution in [2.45, 2.75) is 4.90 Å². The van der Waals surface area contributed by atoms with Gasteiger partial charge in [-0.05, 0) is 18.2 Å². The maximum atomic E-state index is 12.4. The third-order valence-electron chi connectivity index (χ3n) is 2.96. The van der Waals surface area contributed by atoms with Crippen molar-refractivity contribution in [2.75, 3.05) is 14.1 Å². The van der Waals surface area contributed by atoms with Gasteiger partial charge in [0.25, 0.3) is 0 Å². The molecule has 0 unspecified atom stereocenters. The first kappa shape index (κ1) is 20.5. The number of ketones is 1. The first-order valence-corrected chi connectivity index (χ1v) is 8.10. The van der Waals surface area contributed by atoms with Crippen molar-refractivity contribution in [3.8, 4) is 0 Å². The first-order valence-electron chi connectivity index (χ1n) is 6.69. The molecule has 2 aromatic carbocycles. The van der Waals surface area contributed by atoms with E-state index in [4.69, 9.17) is 0 Å². The van der Waals surface area contributed by atoms with Gasteiger partial charge in [-0.2, -0.15) is 0 Å². The van der Waals surface area contributed by atoms with Crippen molar-refractivity contribution in [1.29, 1.82) is 0 Å². The minimum atomic E-state index is -4.75. The second kappa shape index (κ2) is 8.55. The molecule has 24 heavy (non-hydrogen) atoms. The summed E-state index contributed by atoms with van der Waals surface area (Å²) in [5, 5.41) is 0. The Morgan fingerprint density at radius 3 is 2.25 bits per heavy atom. The molecule has 0 aliphatic carbocycles. The van der Waals surface area contributed by atoms with Crippen LogP contribution >= 0.6 is 0 Å². The van der Waals surface area contributed by atoms with Crippen LogP contribution in [0.4, 0.5) is 5.69 Å². The smallest absolute Gasteiger partial charge is 0.744 e. The van der Waals surface area contributed by atoms with Crippen LogP contribution in [0.15, 0.2) is 58.4 Å². The molecule has 0 heterocycles. The van der Waals surface area contributed by atoms with Gasteiger partial charge >= 0.3 is 29.6 Å². The summed E-state index contributed by atoms with van der Waals surface area (Å²) >= 11 is 0. The van der Waals surface area contributed by atoms with Crippen LogP contribution in [0.25, 0.3) is 0 Å². The Hall–Kier alpha value is -1.51. The molecule has 8 heteroatoms. The number of nitrogens with zero attached hydrogens (tertiary/aromatic N) is 2. The SMILES string of the molecule is CN(C)C=Nc1ccc(C(=O)c2ccccc2)cc1S(=O)(=O)[O-].[Na+]. The Morgan fingerprint density at radius 1 is 1.08 bits per heavy atom. The van der Waals surface area contributed by atoms with Crippen molar-refractivity contribution in [3.05, 3.63) is 59.7 Å². The third kappa shape index (κ3) is 5.25. The normalized spacial score (nSPS) is 11.1. The molecule has 0 radical (unpaired) electrons. The number of benzene rings is 2. The summed E-state index contributed by atoms with van der Waals surface area (Å²) in [7, 11) is -1.33. The van der Waals surface area contributed by atoms with Gasteiger partial charge in [-0.3, -0.25) is 4.79 Å². The van der Waals surface area contributed by atoms with E-state index in [-0.39, 0.29) is 46.6 Å². The number of carbonyl (C=O) groups is 1. The first-order chi connectivity index (χ1) is 10.8. The molecule has 0 N–H and O–H groups in total. The number of hydrogen-bond donors (Lipinski definition) is 0. The molecule has 0 atom stereocenters. The summed E-state index contributed by atoms with van der Waals surface area (Å²) in [5.74, 6) is -0.362. The van der Waals surface area contributed by atoms with Crippen molar-refractivity contribution in [3.63, 3.8) is 0 Å². The maximum Gasteiger partial charge on any atom is 1.00 e. The minimum absolute atomic E-state index is 0. The van der Waals surface area contributed by atoms with Gasteiger partial charge in [0.1, 0.15) is 10.1 Å². The van der Waals surface area contributed by atoms with Crippen LogP contribution in [-0.2, 0) is 10.1 Å². The van der Waals surface area contributed by atoms with Gasteiger partial charge in [0.05, 0.1) is 16.9 Å². The molecule has 0 aromatic heterocycles. The van der Waals surface area contributed by atoms with Gasteiger partial charge in [-0.1, -0.05) is 30.3 Å². The largest absolute Gasteiger partial charge is 1.00 e. The van der Waals surface area contributed by atoms with E-state index in [9.17, 15) is 17.8 Å². The Bertz CT molecular complexity index is 850. The van der Waals surface area contributed by atoms with Gasteiger partial charge in [-0.15, -0.1) is 0 Å². The van der Waals surface area contributed by atoms with Crippen LogP contribution in [-0.4, -0.2) is 44.1 Å². The van der Waals surface area contributed by atoms with Crippen LogP contribution in [0.2, 0.25) is 0 Å². The summed E-state index contributed by atoms with van der Waals surface area (Å²) in [6.07, 6.45) is 1.38. The minimum Gasteiger partial charge on any atom is -0.744 e. The molecule has 2 rings (SSSR count). The zero-order chi connectivity index (χ0) is 17.0. The van der Waals surface area contributed by atoms with Crippen molar-refractivity contribution >= 4 is 27.9 Å². The van der Waals surface area contributed by atoms with Crippen LogP contribution in [0.3, 0.4) is 0 Å². The molecular formula is C16H15N2NaO4S. The fourth-order valence-corrected chi connectivity index (χ4v) is 2.54. The molecule has 0 amide bonds. The summed E-state index contributed by atoms with van der Waals surface area (Å²) in [6, 6.07) is 12.3. The van der Waals surface area contributed by atoms with E-state index in [0.717, 1.165) is 6.07 Å². The Balaban J connectivity index is 0.00000288. The van der Waals surface area contributed by atoms with E-state index in [1.165, 1.54) is 18.5 Å². The van der Waals surface area contributed by atoms with Gasteiger partial charge in [0.15, 0.2) is 5.78 Å². The second-order valence-electron chi connectivity index (χ2n) is 5.04. The Labute approximate surface area is 163 Å². The van der Waals surface area contributed by atoms with Crippen LogP contribution in [0.1, 0.15) is 15.9 Å². The number of rotatable bonds is 5. The molecule has 0 aliphatic rings. The number of carbonyl (C=O) groups excluding carboxylic acids is 1. The van der Waals surface area contributed by atoms with Crippen LogP contribution in [0, 0.1) is 0 Å². The zero-order valence-corrected chi connectivity index (χ0v) is 16.4. The number of hydrogen-bond acceptors (Lipinski definition) is 5. The summed E-state index contributed by atoms with van der Waals surface area (Å²) < 4.78 is 34.4. The average Bonchev–Trinajstić information content (AvgIpc) is 2.52. The molecule has 0 saturated heterocycles. The standard InChI is InChI=1S/C16H16N2O4S.Na/c1-18(2)11-17-14-9-8-13(10-15(14)23(20,21)22)16(19)12-6-4-3-5-7-12;/h3-11H,1-2H3,(H,20,21,22);/q;+1/p-1. The average molecular weight is 354 g/mol. The van der Waals surface area contributed by atoms with E-state index in [1.54, 1.807) is 49.3 Å². The van der Waals surface area contributed by atoms with Crippen molar-refractivity contribution in [1.82, 2.24) is 4.90 Å². The van der Waals surface area contributed by atoms with Gasteiger partial charge in [0, 0.05) is 25.2 Å². The Morgan fingerprint density at radius 2 is 1.71 bits per heavy atom. The Kier molecular flexibility index (Phi) is 7.31. The van der Waals surface area contributed by atoms with E-state index < -0.39 is 15.0 Å². The summed E-state index contributed by atoms with van der Waals surface area (Å²) in [4.78, 5) is 17.4.